The van der Waals surface area contributed by atoms with Crippen LogP contribution in [0.1, 0.15) is 16.1 Å². The maximum Gasteiger partial charge on any atom is 0.259 e. The Hall–Kier alpha value is -3.16. The summed E-state index contributed by atoms with van der Waals surface area (Å²) in [5.74, 6) is 0.744. The van der Waals surface area contributed by atoms with Gasteiger partial charge in [-0.1, -0.05) is 12.1 Å². The first-order chi connectivity index (χ1) is 10.7. The number of benzene rings is 1. The molecule has 2 aromatic heterocycles. The van der Waals surface area contributed by atoms with E-state index in [1.165, 1.54) is 19.8 Å². The van der Waals surface area contributed by atoms with Crippen LogP contribution in [0.5, 0.6) is 5.75 Å². The number of ether oxygens (including phenoxy) is 1. The molecular weight excluding hydrogens is 284 g/mol. The molecule has 3 rings (SSSR count). The van der Waals surface area contributed by atoms with E-state index in [2.05, 4.69) is 25.7 Å². The first-order valence-corrected chi connectivity index (χ1v) is 6.55. The van der Waals surface area contributed by atoms with Crippen molar-refractivity contribution in [2.45, 2.75) is 6.92 Å². The van der Waals surface area contributed by atoms with Crippen molar-refractivity contribution in [3.05, 3.63) is 48.2 Å². The number of aryl methyl sites for hydroxylation is 1. The first kappa shape index (κ1) is 13.8. The Morgan fingerprint density at radius 2 is 2.00 bits per heavy atom. The number of carbonyl (C=O) groups excluding carboxylic acids is 1. The van der Waals surface area contributed by atoms with Crippen LogP contribution in [0.25, 0.3) is 5.82 Å². The zero-order valence-corrected chi connectivity index (χ0v) is 12.1. The van der Waals surface area contributed by atoms with Gasteiger partial charge >= 0.3 is 0 Å². The fourth-order valence-corrected chi connectivity index (χ4v) is 2.08. The smallest absolute Gasteiger partial charge is 0.259 e. The van der Waals surface area contributed by atoms with Gasteiger partial charge in [0, 0.05) is 0 Å². The quantitative estimate of drug-likeness (QED) is 0.761. The monoisotopic (exact) mass is 298 g/mol. The van der Waals surface area contributed by atoms with Crippen LogP contribution in [0.3, 0.4) is 0 Å². The highest BCUT2D eigenvalue weighted by molar-refractivity contribution is 6.07. The van der Waals surface area contributed by atoms with Crippen LogP contribution in [-0.2, 0) is 0 Å². The largest absolute Gasteiger partial charge is 0.496 e. The normalized spacial score (nSPS) is 10.5. The van der Waals surface area contributed by atoms with Crippen molar-refractivity contribution in [2.75, 3.05) is 12.4 Å². The zero-order chi connectivity index (χ0) is 15.5. The topological polar surface area (TPSA) is 97.7 Å². The van der Waals surface area contributed by atoms with Crippen LogP contribution in [0, 0.1) is 6.92 Å². The van der Waals surface area contributed by atoms with Gasteiger partial charge in [0.25, 0.3) is 5.91 Å². The van der Waals surface area contributed by atoms with Crippen molar-refractivity contribution in [2.24, 2.45) is 0 Å². The number of carbonyl (C=O) groups is 1. The first-order valence-electron chi connectivity index (χ1n) is 6.55. The molecule has 1 aromatic carbocycles. The summed E-state index contributed by atoms with van der Waals surface area (Å²) in [5, 5.41) is 17.3. The number of rotatable bonds is 4. The van der Waals surface area contributed by atoms with Crippen LogP contribution in [-0.4, -0.2) is 38.0 Å². The van der Waals surface area contributed by atoms with E-state index in [0.29, 0.717) is 22.8 Å². The lowest BCUT2D eigenvalue weighted by molar-refractivity contribution is 0.102. The molecule has 0 aliphatic rings. The zero-order valence-electron chi connectivity index (χ0n) is 12.1. The number of para-hydroxylation sites is 1. The van der Waals surface area contributed by atoms with Gasteiger partial charge in [-0.3, -0.25) is 14.5 Å². The van der Waals surface area contributed by atoms with Gasteiger partial charge in [-0.25, -0.2) is 0 Å². The van der Waals surface area contributed by atoms with Crippen molar-refractivity contribution < 1.29 is 9.53 Å². The van der Waals surface area contributed by atoms with Crippen molar-refractivity contribution in [3.63, 3.8) is 0 Å². The Labute approximate surface area is 126 Å². The fourth-order valence-electron chi connectivity index (χ4n) is 2.08. The molecular formula is C14H14N6O2. The summed E-state index contributed by atoms with van der Waals surface area (Å²) in [7, 11) is 1.53. The molecule has 22 heavy (non-hydrogen) atoms. The second kappa shape index (κ2) is 5.68. The average Bonchev–Trinajstić information content (AvgIpc) is 3.18. The van der Waals surface area contributed by atoms with Crippen LogP contribution in [0.2, 0.25) is 0 Å². The van der Waals surface area contributed by atoms with Crippen molar-refractivity contribution in [3.8, 4) is 11.6 Å². The van der Waals surface area contributed by atoms with E-state index in [1.54, 1.807) is 28.8 Å². The highest BCUT2D eigenvalue weighted by atomic mass is 16.5. The van der Waals surface area contributed by atoms with E-state index in [9.17, 15) is 4.79 Å². The molecule has 0 fully saturated rings. The van der Waals surface area contributed by atoms with Gasteiger partial charge in [0.1, 0.15) is 24.1 Å². The van der Waals surface area contributed by atoms with Gasteiger partial charge in [-0.05, 0) is 19.1 Å². The highest BCUT2D eigenvalue weighted by Crippen LogP contribution is 2.24. The maximum absolute atomic E-state index is 12.5. The van der Waals surface area contributed by atoms with Crippen LogP contribution >= 0.6 is 0 Å². The Bertz CT molecular complexity index is 794. The molecule has 0 radical (unpaired) electrons. The Balaban J connectivity index is 1.94. The van der Waals surface area contributed by atoms with Crippen LogP contribution in [0.15, 0.2) is 36.9 Å². The minimum atomic E-state index is -0.281. The molecule has 112 valence electrons. The lowest BCUT2D eigenvalue weighted by Gasteiger charge is -2.09. The average molecular weight is 298 g/mol. The SMILES string of the molecule is COc1ccccc1C(=O)Nc1c(-n2cnnc2)n[nH]c1C. The van der Waals surface area contributed by atoms with E-state index < -0.39 is 0 Å². The molecule has 8 heteroatoms. The number of anilines is 1. The molecule has 0 saturated carbocycles. The molecule has 2 heterocycles. The molecule has 0 aliphatic heterocycles. The number of aromatic amines is 1. The predicted molar refractivity (Wildman–Crippen MR) is 79.2 cm³/mol. The van der Waals surface area contributed by atoms with Crippen molar-refractivity contribution in [1.82, 2.24) is 25.0 Å². The van der Waals surface area contributed by atoms with Crippen molar-refractivity contribution in [1.29, 1.82) is 0 Å². The van der Waals surface area contributed by atoms with Gasteiger partial charge in [0.15, 0.2) is 5.82 Å². The lowest BCUT2D eigenvalue weighted by atomic mass is 10.2. The molecule has 0 saturated heterocycles. The summed E-state index contributed by atoms with van der Waals surface area (Å²) in [5.41, 5.74) is 1.74. The van der Waals surface area contributed by atoms with E-state index >= 15 is 0 Å². The summed E-state index contributed by atoms with van der Waals surface area (Å²) in [6.45, 7) is 1.82. The number of H-pyrrole nitrogens is 1. The Morgan fingerprint density at radius 3 is 2.73 bits per heavy atom. The Kier molecular flexibility index (Phi) is 3.57. The number of nitrogens with one attached hydrogen (secondary N) is 2. The van der Waals surface area contributed by atoms with Crippen LogP contribution < -0.4 is 10.1 Å². The number of nitrogens with zero attached hydrogens (tertiary/aromatic N) is 4. The van der Waals surface area contributed by atoms with E-state index in [0.717, 1.165) is 5.69 Å². The summed E-state index contributed by atoms with van der Waals surface area (Å²) < 4.78 is 6.82. The predicted octanol–water partition coefficient (Wildman–Crippen LogP) is 1.56. The molecule has 0 bridgehead atoms. The second-order valence-corrected chi connectivity index (χ2v) is 4.57. The van der Waals surface area contributed by atoms with Gasteiger partial charge in [-0.15, -0.1) is 10.2 Å². The second-order valence-electron chi connectivity index (χ2n) is 4.57. The number of hydrogen-bond acceptors (Lipinski definition) is 5. The van der Waals surface area contributed by atoms with E-state index in [4.69, 9.17) is 4.74 Å². The highest BCUT2D eigenvalue weighted by Gasteiger charge is 2.18. The minimum Gasteiger partial charge on any atom is -0.496 e. The molecule has 0 aliphatic carbocycles. The third kappa shape index (κ3) is 2.41. The number of amides is 1. The van der Waals surface area contributed by atoms with E-state index in [1.807, 2.05) is 6.92 Å². The molecule has 0 atom stereocenters. The standard InChI is InChI=1S/C14H14N6O2/c1-9-12(13(19-18-9)20-7-15-16-8-20)17-14(21)10-5-3-4-6-11(10)22-2/h3-8H,1-2H3,(H,17,21)(H,18,19). The maximum atomic E-state index is 12.5. The molecule has 3 aromatic rings. The number of methoxy groups -OCH3 is 1. The third-order valence-electron chi connectivity index (χ3n) is 3.18. The number of aromatic nitrogens is 5. The summed E-state index contributed by atoms with van der Waals surface area (Å²) in [6.07, 6.45) is 3.02. The fraction of sp³-hybridized carbons (Fsp3) is 0.143. The summed E-state index contributed by atoms with van der Waals surface area (Å²) in [6, 6.07) is 7.02. The van der Waals surface area contributed by atoms with Gasteiger partial charge in [-0.2, -0.15) is 5.10 Å². The van der Waals surface area contributed by atoms with Gasteiger partial charge in [0.2, 0.25) is 0 Å². The van der Waals surface area contributed by atoms with Crippen molar-refractivity contribution >= 4 is 11.6 Å². The summed E-state index contributed by atoms with van der Waals surface area (Å²) in [4.78, 5) is 12.5. The molecule has 0 spiro atoms. The minimum absolute atomic E-state index is 0.281. The summed E-state index contributed by atoms with van der Waals surface area (Å²) >= 11 is 0. The molecule has 1 amide bonds. The molecule has 8 nitrogen and oxygen atoms in total. The van der Waals surface area contributed by atoms with Gasteiger partial charge in [0.05, 0.1) is 18.4 Å². The van der Waals surface area contributed by atoms with Crippen LogP contribution in [0.4, 0.5) is 5.69 Å². The van der Waals surface area contributed by atoms with Gasteiger partial charge < -0.3 is 10.1 Å². The molecule has 2 N–H and O–H groups in total. The third-order valence-corrected chi connectivity index (χ3v) is 3.18. The number of hydrogen-bond donors (Lipinski definition) is 2. The molecule has 0 unspecified atom stereocenters. The Morgan fingerprint density at radius 1 is 1.27 bits per heavy atom. The lowest BCUT2D eigenvalue weighted by Crippen LogP contribution is -2.14. The van der Waals surface area contributed by atoms with E-state index in [-0.39, 0.29) is 5.91 Å².